The van der Waals surface area contributed by atoms with Crippen LogP contribution in [0, 0.1) is 0 Å². The number of nitrogens with zero attached hydrogens (tertiary/aromatic N) is 2. The molecule has 0 unspecified atom stereocenters. The Labute approximate surface area is 125 Å². The average molecular weight is 293 g/mol. The van der Waals surface area contributed by atoms with Gasteiger partial charge >= 0.3 is 6.09 Å². The number of carbonyl (C=O) groups excluding carboxylic acids is 2. The van der Waals surface area contributed by atoms with Crippen molar-refractivity contribution in [2.24, 2.45) is 0 Å². The van der Waals surface area contributed by atoms with Crippen LogP contribution < -0.4 is 5.32 Å². The van der Waals surface area contributed by atoms with Crippen molar-refractivity contribution in [3.8, 4) is 0 Å². The largest absolute Gasteiger partial charge is 0.444 e. The summed E-state index contributed by atoms with van der Waals surface area (Å²) in [4.78, 5) is 29.2. The van der Waals surface area contributed by atoms with Gasteiger partial charge in [0.15, 0.2) is 0 Å². The predicted molar refractivity (Wildman–Crippen MR) is 79.5 cm³/mol. The van der Waals surface area contributed by atoms with Gasteiger partial charge in [-0.1, -0.05) is 6.07 Å². The summed E-state index contributed by atoms with van der Waals surface area (Å²) in [5.74, 6) is -0.243. The molecule has 0 aliphatic heterocycles. The molecule has 6 nitrogen and oxygen atoms in total. The van der Waals surface area contributed by atoms with Gasteiger partial charge in [-0.25, -0.2) is 4.79 Å². The maximum atomic E-state index is 12.0. The van der Waals surface area contributed by atoms with E-state index < -0.39 is 17.7 Å². The van der Waals surface area contributed by atoms with Gasteiger partial charge in [-0.05, 0) is 39.3 Å². The third-order valence-electron chi connectivity index (χ3n) is 2.83. The van der Waals surface area contributed by atoms with Gasteiger partial charge in [0.05, 0.1) is 0 Å². The first kappa shape index (κ1) is 16.9. The molecular weight excluding hydrogens is 270 g/mol. The molecule has 1 N–H and O–H groups in total. The first-order chi connectivity index (χ1) is 9.70. The van der Waals surface area contributed by atoms with Crippen molar-refractivity contribution in [3.05, 3.63) is 30.1 Å². The van der Waals surface area contributed by atoms with Crippen LogP contribution in [-0.2, 0) is 16.1 Å². The van der Waals surface area contributed by atoms with E-state index in [-0.39, 0.29) is 5.91 Å². The highest BCUT2D eigenvalue weighted by Crippen LogP contribution is 2.10. The topological polar surface area (TPSA) is 71.5 Å². The minimum Gasteiger partial charge on any atom is -0.444 e. The van der Waals surface area contributed by atoms with E-state index in [0.29, 0.717) is 6.54 Å². The van der Waals surface area contributed by atoms with Crippen molar-refractivity contribution in [3.63, 3.8) is 0 Å². The Morgan fingerprint density at radius 3 is 2.62 bits per heavy atom. The smallest absolute Gasteiger partial charge is 0.410 e. The van der Waals surface area contributed by atoms with Crippen LogP contribution in [0.25, 0.3) is 0 Å². The van der Waals surface area contributed by atoms with Crippen molar-refractivity contribution in [2.45, 2.75) is 45.9 Å². The summed E-state index contributed by atoms with van der Waals surface area (Å²) in [5.41, 5.74) is 0.315. The van der Waals surface area contributed by atoms with Crippen molar-refractivity contribution in [1.29, 1.82) is 0 Å². The summed E-state index contributed by atoms with van der Waals surface area (Å²) in [7, 11) is 1.54. The van der Waals surface area contributed by atoms with E-state index in [1.807, 2.05) is 6.07 Å². The molecule has 1 heterocycles. The molecule has 0 aromatic carbocycles. The molecule has 0 saturated carbocycles. The van der Waals surface area contributed by atoms with Crippen LogP contribution in [-0.4, -0.2) is 40.6 Å². The molecule has 0 spiro atoms. The second-order valence-electron chi connectivity index (χ2n) is 5.85. The number of ether oxygens (including phenoxy) is 1. The van der Waals surface area contributed by atoms with Crippen LogP contribution in [0.2, 0.25) is 0 Å². The third kappa shape index (κ3) is 5.81. The Hall–Kier alpha value is -2.11. The number of hydrogen-bond donors (Lipinski definition) is 1. The van der Waals surface area contributed by atoms with E-state index in [2.05, 4.69) is 10.3 Å². The lowest BCUT2D eigenvalue weighted by atomic mass is 10.2. The number of rotatable bonds is 4. The highest BCUT2D eigenvalue weighted by atomic mass is 16.6. The lowest BCUT2D eigenvalue weighted by molar-refractivity contribution is -0.125. The van der Waals surface area contributed by atoms with Crippen LogP contribution in [0.3, 0.4) is 0 Å². The zero-order chi connectivity index (χ0) is 16.0. The SMILES string of the molecule is C[C@H](C(=O)NCc1cccnc1)N(C)C(=O)OC(C)(C)C. The number of nitrogens with one attached hydrogen (secondary N) is 1. The fraction of sp³-hybridized carbons (Fsp3) is 0.533. The highest BCUT2D eigenvalue weighted by molar-refractivity contribution is 5.85. The van der Waals surface area contributed by atoms with Gasteiger partial charge in [-0.3, -0.25) is 14.7 Å². The Balaban J connectivity index is 2.51. The summed E-state index contributed by atoms with van der Waals surface area (Å²) in [5, 5.41) is 2.77. The van der Waals surface area contributed by atoms with E-state index in [4.69, 9.17) is 4.74 Å². The number of hydrogen-bond acceptors (Lipinski definition) is 4. The molecular formula is C15H23N3O3. The zero-order valence-electron chi connectivity index (χ0n) is 13.2. The van der Waals surface area contributed by atoms with Gasteiger partial charge in [0.1, 0.15) is 11.6 Å². The predicted octanol–water partition coefficient (Wildman–Crippen LogP) is 1.95. The zero-order valence-corrected chi connectivity index (χ0v) is 13.2. The molecule has 6 heteroatoms. The second kappa shape index (κ2) is 7.06. The summed E-state index contributed by atoms with van der Waals surface area (Å²) in [6, 6.07) is 3.06. The lowest BCUT2D eigenvalue weighted by Gasteiger charge is -2.28. The molecule has 2 amide bonds. The number of aromatic nitrogens is 1. The van der Waals surface area contributed by atoms with Crippen LogP contribution in [0.4, 0.5) is 4.79 Å². The number of pyridine rings is 1. The van der Waals surface area contributed by atoms with Gasteiger partial charge in [-0.2, -0.15) is 0 Å². The van der Waals surface area contributed by atoms with Crippen molar-refractivity contribution >= 4 is 12.0 Å². The van der Waals surface area contributed by atoms with Crippen LogP contribution >= 0.6 is 0 Å². The lowest BCUT2D eigenvalue weighted by Crippen LogP contribution is -2.47. The third-order valence-corrected chi connectivity index (χ3v) is 2.83. The van der Waals surface area contributed by atoms with Crippen LogP contribution in [0.1, 0.15) is 33.3 Å². The first-order valence-electron chi connectivity index (χ1n) is 6.83. The molecule has 116 valence electrons. The normalized spacial score (nSPS) is 12.4. The van der Waals surface area contributed by atoms with Gasteiger partial charge in [0.25, 0.3) is 0 Å². The maximum absolute atomic E-state index is 12.0. The fourth-order valence-electron chi connectivity index (χ4n) is 1.51. The van der Waals surface area contributed by atoms with Crippen molar-refractivity contribution in [1.82, 2.24) is 15.2 Å². The Morgan fingerprint density at radius 1 is 1.43 bits per heavy atom. The Bertz CT molecular complexity index is 483. The molecule has 0 aliphatic rings. The van der Waals surface area contributed by atoms with Gasteiger partial charge in [0, 0.05) is 26.0 Å². The van der Waals surface area contributed by atoms with E-state index >= 15 is 0 Å². The molecule has 21 heavy (non-hydrogen) atoms. The Kier molecular flexibility index (Phi) is 5.69. The molecule has 0 fully saturated rings. The number of likely N-dealkylation sites (N-methyl/N-ethyl adjacent to an activating group) is 1. The van der Waals surface area contributed by atoms with Crippen LogP contribution in [0.5, 0.6) is 0 Å². The Morgan fingerprint density at radius 2 is 2.10 bits per heavy atom. The molecule has 0 radical (unpaired) electrons. The van der Waals surface area contributed by atoms with E-state index in [9.17, 15) is 9.59 Å². The fourth-order valence-corrected chi connectivity index (χ4v) is 1.51. The van der Waals surface area contributed by atoms with Crippen LogP contribution in [0.15, 0.2) is 24.5 Å². The highest BCUT2D eigenvalue weighted by Gasteiger charge is 2.26. The second-order valence-corrected chi connectivity index (χ2v) is 5.85. The van der Waals surface area contributed by atoms with E-state index in [1.165, 1.54) is 4.90 Å². The summed E-state index contributed by atoms with van der Waals surface area (Å²) < 4.78 is 5.23. The van der Waals surface area contributed by atoms with Crippen molar-refractivity contribution in [2.75, 3.05) is 7.05 Å². The molecule has 1 atom stereocenters. The molecule has 1 aromatic heterocycles. The quantitative estimate of drug-likeness (QED) is 0.921. The molecule has 0 aliphatic carbocycles. The van der Waals surface area contributed by atoms with Crippen molar-refractivity contribution < 1.29 is 14.3 Å². The summed E-state index contributed by atoms with van der Waals surface area (Å²) in [6.07, 6.45) is 2.83. The van der Waals surface area contributed by atoms with Gasteiger partial charge in [-0.15, -0.1) is 0 Å². The standard InChI is InChI=1S/C15H23N3O3/c1-11(18(5)14(20)21-15(2,3)4)13(19)17-10-12-7-6-8-16-9-12/h6-9,11H,10H2,1-5H3,(H,17,19)/t11-/m1/s1. The average Bonchev–Trinajstić information content (AvgIpc) is 2.42. The number of amides is 2. The summed E-state index contributed by atoms with van der Waals surface area (Å²) in [6.45, 7) is 7.38. The minimum absolute atomic E-state index is 0.243. The molecule has 0 saturated heterocycles. The summed E-state index contributed by atoms with van der Waals surface area (Å²) >= 11 is 0. The molecule has 0 bridgehead atoms. The van der Waals surface area contributed by atoms with E-state index in [1.54, 1.807) is 53.2 Å². The minimum atomic E-state index is -0.614. The van der Waals surface area contributed by atoms with E-state index in [0.717, 1.165) is 5.56 Å². The first-order valence-corrected chi connectivity index (χ1v) is 6.83. The molecule has 1 aromatic rings. The number of carbonyl (C=O) groups is 2. The van der Waals surface area contributed by atoms with Gasteiger partial charge < -0.3 is 10.1 Å². The molecule has 1 rings (SSSR count). The van der Waals surface area contributed by atoms with Gasteiger partial charge in [0.2, 0.25) is 5.91 Å². The maximum Gasteiger partial charge on any atom is 0.410 e. The monoisotopic (exact) mass is 293 g/mol.